The Morgan fingerprint density at radius 1 is 1.03 bits per heavy atom. The van der Waals surface area contributed by atoms with E-state index in [9.17, 15) is 23.5 Å². The highest BCUT2D eigenvalue weighted by Gasteiger charge is 2.46. The summed E-state index contributed by atoms with van der Waals surface area (Å²) in [5.74, 6) is -2.98. The van der Waals surface area contributed by atoms with Gasteiger partial charge in [-0.05, 0) is 66.1 Å². The Kier molecular flexibility index (Phi) is 5.33. The summed E-state index contributed by atoms with van der Waals surface area (Å²) in [5.41, 5.74) is 1.58. The number of halogens is 2. The van der Waals surface area contributed by atoms with Crippen molar-refractivity contribution < 1.29 is 23.5 Å². The van der Waals surface area contributed by atoms with Crippen LogP contribution in [0.4, 0.5) is 8.78 Å². The SMILES string of the molecule is Cc1cc(/C(O)=C2/C(=O)C(=O)N(Cc3ccncc3)C2c2ccc(F)cc2)ccc1F. The average molecular weight is 420 g/mol. The monoisotopic (exact) mass is 420 g/mol. The van der Waals surface area contributed by atoms with E-state index in [1.165, 1.54) is 54.3 Å². The number of rotatable bonds is 4. The smallest absolute Gasteiger partial charge is 0.295 e. The van der Waals surface area contributed by atoms with E-state index in [1.54, 1.807) is 24.5 Å². The first-order valence-electron chi connectivity index (χ1n) is 9.56. The summed E-state index contributed by atoms with van der Waals surface area (Å²) in [5, 5.41) is 11.0. The number of Topliss-reactive ketones (excluding diaryl/α,β-unsaturated/α-hetero) is 1. The third kappa shape index (κ3) is 3.82. The molecule has 31 heavy (non-hydrogen) atoms. The predicted octanol–water partition coefficient (Wildman–Crippen LogP) is 4.29. The molecule has 0 saturated carbocycles. The van der Waals surface area contributed by atoms with Gasteiger partial charge in [-0.15, -0.1) is 0 Å². The number of aliphatic hydroxyl groups excluding tert-OH is 1. The molecular formula is C24H18F2N2O3. The highest BCUT2D eigenvalue weighted by atomic mass is 19.1. The van der Waals surface area contributed by atoms with E-state index < -0.39 is 35.1 Å². The lowest BCUT2D eigenvalue weighted by Crippen LogP contribution is -2.29. The number of benzene rings is 2. The van der Waals surface area contributed by atoms with Crippen LogP contribution in [-0.2, 0) is 16.1 Å². The van der Waals surface area contributed by atoms with E-state index in [2.05, 4.69) is 4.98 Å². The van der Waals surface area contributed by atoms with Crippen molar-refractivity contribution in [2.24, 2.45) is 0 Å². The van der Waals surface area contributed by atoms with Crippen molar-refractivity contribution in [2.45, 2.75) is 19.5 Å². The van der Waals surface area contributed by atoms with Crippen LogP contribution in [0, 0.1) is 18.6 Å². The van der Waals surface area contributed by atoms with Crippen molar-refractivity contribution >= 4 is 17.4 Å². The molecule has 3 aromatic rings. The highest BCUT2D eigenvalue weighted by Crippen LogP contribution is 2.40. The molecule has 1 unspecified atom stereocenters. The number of aliphatic hydroxyl groups is 1. The number of amides is 1. The molecule has 0 radical (unpaired) electrons. The first-order valence-corrected chi connectivity index (χ1v) is 9.56. The number of likely N-dealkylation sites (tertiary alicyclic amines) is 1. The average Bonchev–Trinajstić information content (AvgIpc) is 3.01. The van der Waals surface area contributed by atoms with Crippen molar-refractivity contribution in [3.63, 3.8) is 0 Å². The number of pyridine rings is 1. The van der Waals surface area contributed by atoms with Crippen LogP contribution in [0.1, 0.15) is 28.3 Å². The first-order chi connectivity index (χ1) is 14.9. The zero-order chi connectivity index (χ0) is 22.1. The van der Waals surface area contributed by atoms with E-state index in [0.29, 0.717) is 5.56 Å². The van der Waals surface area contributed by atoms with Crippen LogP contribution in [0.15, 0.2) is 72.6 Å². The molecule has 4 rings (SSSR count). The zero-order valence-electron chi connectivity index (χ0n) is 16.5. The second-order valence-electron chi connectivity index (χ2n) is 7.30. The molecule has 1 N–H and O–H groups in total. The minimum absolute atomic E-state index is 0.0916. The van der Waals surface area contributed by atoms with E-state index in [4.69, 9.17) is 0 Å². The van der Waals surface area contributed by atoms with Gasteiger partial charge in [0.05, 0.1) is 11.6 Å². The standard InChI is InChI=1S/C24H18F2N2O3/c1-14-12-17(4-7-19(14)26)22(29)20-21(16-2-5-18(25)6-3-16)28(24(31)23(20)30)13-15-8-10-27-11-9-15/h2-12,21,29H,13H2,1H3/b22-20-. The summed E-state index contributed by atoms with van der Waals surface area (Å²) in [4.78, 5) is 31.1. The molecule has 2 aromatic carbocycles. The number of aromatic nitrogens is 1. The van der Waals surface area contributed by atoms with E-state index in [0.717, 1.165) is 5.56 Å². The van der Waals surface area contributed by atoms with E-state index in [-0.39, 0.29) is 23.2 Å². The molecule has 7 heteroatoms. The Bertz CT molecular complexity index is 1190. The highest BCUT2D eigenvalue weighted by molar-refractivity contribution is 6.46. The number of nitrogens with zero attached hydrogens (tertiary/aromatic N) is 2. The summed E-state index contributed by atoms with van der Waals surface area (Å²) >= 11 is 0. The molecule has 1 fully saturated rings. The Balaban J connectivity index is 1.87. The molecular weight excluding hydrogens is 402 g/mol. The van der Waals surface area contributed by atoms with Crippen LogP contribution in [0.2, 0.25) is 0 Å². The second kappa shape index (κ2) is 8.10. The van der Waals surface area contributed by atoms with Crippen molar-refractivity contribution in [1.29, 1.82) is 0 Å². The molecule has 1 aliphatic heterocycles. The maximum Gasteiger partial charge on any atom is 0.295 e. The predicted molar refractivity (Wildman–Crippen MR) is 110 cm³/mol. The molecule has 2 heterocycles. The van der Waals surface area contributed by atoms with Gasteiger partial charge in [-0.3, -0.25) is 14.6 Å². The number of carbonyl (C=O) groups is 2. The Labute approximate surface area is 177 Å². The van der Waals surface area contributed by atoms with Crippen LogP contribution < -0.4 is 0 Å². The summed E-state index contributed by atoms with van der Waals surface area (Å²) in [6.45, 7) is 1.62. The van der Waals surface area contributed by atoms with Gasteiger partial charge < -0.3 is 10.0 Å². The van der Waals surface area contributed by atoms with Gasteiger partial charge >= 0.3 is 0 Å². The summed E-state index contributed by atoms with van der Waals surface area (Å²) in [6.07, 6.45) is 3.14. The number of carbonyl (C=O) groups excluding carboxylic acids is 2. The largest absolute Gasteiger partial charge is 0.507 e. The first kappa shape index (κ1) is 20.4. The van der Waals surface area contributed by atoms with Crippen LogP contribution >= 0.6 is 0 Å². The third-order valence-corrected chi connectivity index (χ3v) is 5.26. The maximum absolute atomic E-state index is 13.7. The van der Waals surface area contributed by atoms with Crippen molar-refractivity contribution in [3.05, 3.63) is 106 Å². The van der Waals surface area contributed by atoms with Crippen LogP contribution in [0.3, 0.4) is 0 Å². The number of hydrogen-bond acceptors (Lipinski definition) is 4. The quantitative estimate of drug-likeness (QED) is 0.388. The fourth-order valence-electron chi connectivity index (χ4n) is 3.67. The molecule has 156 valence electrons. The van der Waals surface area contributed by atoms with Gasteiger partial charge in [-0.2, -0.15) is 0 Å². The Morgan fingerprint density at radius 2 is 1.71 bits per heavy atom. The van der Waals surface area contributed by atoms with Crippen LogP contribution in [0.25, 0.3) is 5.76 Å². The molecule has 1 amide bonds. The molecule has 1 aliphatic rings. The van der Waals surface area contributed by atoms with Gasteiger partial charge in [0.25, 0.3) is 11.7 Å². The number of aryl methyl sites for hydroxylation is 1. The van der Waals surface area contributed by atoms with Gasteiger partial charge in [0.15, 0.2) is 0 Å². The molecule has 5 nitrogen and oxygen atoms in total. The molecule has 0 spiro atoms. The maximum atomic E-state index is 13.7. The van der Waals surface area contributed by atoms with E-state index in [1.807, 2.05) is 0 Å². The van der Waals surface area contributed by atoms with Crippen molar-refractivity contribution in [3.8, 4) is 0 Å². The van der Waals surface area contributed by atoms with Gasteiger partial charge in [0, 0.05) is 24.5 Å². The van der Waals surface area contributed by atoms with Gasteiger partial charge in [-0.25, -0.2) is 8.78 Å². The lowest BCUT2D eigenvalue weighted by molar-refractivity contribution is -0.140. The number of ketones is 1. The second-order valence-corrected chi connectivity index (χ2v) is 7.30. The van der Waals surface area contributed by atoms with Crippen molar-refractivity contribution in [2.75, 3.05) is 0 Å². The minimum atomic E-state index is -0.931. The Morgan fingerprint density at radius 3 is 2.35 bits per heavy atom. The van der Waals surface area contributed by atoms with E-state index >= 15 is 0 Å². The summed E-state index contributed by atoms with van der Waals surface area (Å²) in [7, 11) is 0. The lowest BCUT2D eigenvalue weighted by atomic mass is 9.94. The normalized spacial score (nSPS) is 17.9. The van der Waals surface area contributed by atoms with Gasteiger partial charge in [-0.1, -0.05) is 12.1 Å². The molecule has 0 bridgehead atoms. The summed E-state index contributed by atoms with van der Waals surface area (Å²) < 4.78 is 27.2. The van der Waals surface area contributed by atoms with Gasteiger partial charge in [0.2, 0.25) is 0 Å². The lowest BCUT2D eigenvalue weighted by Gasteiger charge is -2.25. The minimum Gasteiger partial charge on any atom is -0.507 e. The third-order valence-electron chi connectivity index (χ3n) is 5.26. The summed E-state index contributed by atoms with van der Waals surface area (Å²) in [6, 6.07) is 11.8. The molecule has 1 atom stereocenters. The Hall–Kier alpha value is -3.87. The molecule has 1 saturated heterocycles. The van der Waals surface area contributed by atoms with Crippen LogP contribution in [0.5, 0.6) is 0 Å². The molecule has 1 aromatic heterocycles. The van der Waals surface area contributed by atoms with Gasteiger partial charge in [0.1, 0.15) is 17.4 Å². The fourth-order valence-corrected chi connectivity index (χ4v) is 3.67. The molecule has 0 aliphatic carbocycles. The fraction of sp³-hybridized carbons (Fsp3) is 0.125. The topological polar surface area (TPSA) is 70.5 Å². The number of hydrogen-bond donors (Lipinski definition) is 1. The van der Waals surface area contributed by atoms with Crippen molar-refractivity contribution in [1.82, 2.24) is 9.88 Å². The van der Waals surface area contributed by atoms with Crippen LogP contribution in [-0.4, -0.2) is 26.7 Å². The zero-order valence-corrected chi connectivity index (χ0v) is 16.5.